The number of rotatable bonds is 8. The fourth-order valence-electron chi connectivity index (χ4n) is 5.53. The van der Waals surface area contributed by atoms with Gasteiger partial charge in [0.1, 0.15) is 12.2 Å². The standard InChI is InChI=1S/C24H42O6/c1-15(2)21(17(5)19-11-7-8-12-19)27-23(25)29-30-24(26)28-22(16(3)4)18(6)20-13-9-10-14-20/h15-22H,7-14H2,1-6H3. The van der Waals surface area contributed by atoms with Gasteiger partial charge in [-0.3, -0.25) is 0 Å². The summed E-state index contributed by atoms with van der Waals surface area (Å²) in [5, 5.41) is 0. The van der Waals surface area contributed by atoms with Crippen LogP contribution in [0.5, 0.6) is 0 Å². The molecule has 0 saturated heterocycles. The van der Waals surface area contributed by atoms with Crippen LogP contribution in [0.25, 0.3) is 0 Å². The van der Waals surface area contributed by atoms with Crippen molar-refractivity contribution in [1.82, 2.24) is 0 Å². The van der Waals surface area contributed by atoms with Gasteiger partial charge in [-0.15, -0.1) is 0 Å². The SMILES string of the molecule is CC(C)C(OC(=O)OOC(=O)OC(C(C)C)C(C)C1CCCC1)C(C)C1CCCC1. The quantitative estimate of drug-likeness (QED) is 0.238. The van der Waals surface area contributed by atoms with Gasteiger partial charge in [-0.1, -0.05) is 92.9 Å². The van der Waals surface area contributed by atoms with Gasteiger partial charge in [-0.05, 0) is 35.5 Å². The molecule has 0 aliphatic heterocycles. The first-order valence-corrected chi connectivity index (χ1v) is 12.0. The summed E-state index contributed by atoms with van der Waals surface area (Å²) < 4.78 is 11.0. The second-order valence-electron chi connectivity index (χ2n) is 10.1. The fraction of sp³-hybridized carbons (Fsp3) is 0.917. The molecular weight excluding hydrogens is 384 g/mol. The molecule has 6 heteroatoms. The summed E-state index contributed by atoms with van der Waals surface area (Å²) in [5.74, 6) is 1.89. The van der Waals surface area contributed by atoms with Gasteiger partial charge in [0, 0.05) is 0 Å². The van der Waals surface area contributed by atoms with Crippen LogP contribution >= 0.6 is 0 Å². The highest BCUT2D eigenvalue weighted by atomic mass is 17.3. The van der Waals surface area contributed by atoms with Crippen LogP contribution in [-0.2, 0) is 19.2 Å². The van der Waals surface area contributed by atoms with E-state index in [1.807, 2.05) is 27.7 Å². The summed E-state index contributed by atoms with van der Waals surface area (Å²) in [5.41, 5.74) is 0. The number of carbonyl (C=O) groups is 2. The Bertz CT molecular complexity index is 486. The second-order valence-corrected chi connectivity index (χ2v) is 10.1. The largest absolute Gasteiger partial charge is 0.550 e. The molecule has 0 aromatic carbocycles. The third-order valence-electron chi connectivity index (χ3n) is 7.28. The summed E-state index contributed by atoms with van der Waals surface area (Å²) in [6.45, 7) is 12.3. The Kier molecular flexibility index (Phi) is 9.76. The molecule has 0 N–H and O–H groups in total. The lowest BCUT2D eigenvalue weighted by molar-refractivity contribution is -0.231. The smallest absolute Gasteiger partial charge is 0.428 e. The van der Waals surface area contributed by atoms with Crippen LogP contribution in [0.4, 0.5) is 9.59 Å². The van der Waals surface area contributed by atoms with E-state index in [9.17, 15) is 9.59 Å². The topological polar surface area (TPSA) is 71.1 Å². The highest BCUT2D eigenvalue weighted by Gasteiger charge is 2.35. The van der Waals surface area contributed by atoms with E-state index in [4.69, 9.17) is 9.47 Å². The van der Waals surface area contributed by atoms with Crippen LogP contribution in [0.1, 0.15) is 92.9 Å². The molecule has 2 aliphatic rings. The summed E-state index contributed by atoms with van der Waals surface area (Å²) in [4.78, 5) is 33.6. The molecule has 30 heavy (non-hydrogen) atoms. The van der Waals surface area contributed by atoms with E-state index in [0.29, 0.717) is 11.8 Å². The molecule has 2 saturated carbocycles. The summed E-state index contributed by atoms with van der Waals surface area (Å²) in [7, 11) is 0. The van der Waals surface area contributed by atoms with Gasteiger partial charge < -0.3 is 9.47 Å². The highest BCUT2D eigenvalue weighted by Crippen LogP contribution is 2.37. The van der Waals surface area contributed by atoms with Gasteiger partial charge in [0.2, 0.25) is 0 Å². The van der Waals surface area contributed by atoms with E-state index in [2.05, 4.69) is 23.6 Å². The van der Waals surface area contributed by atoms with Gasteiger partial charge >= 0.3 is 12.3 Å². The Morgan fingerprint density at radius 2 is 0.900 bits per heavy atom. The van der Waals surface area contributed by atoms with Crippen molar-refractivity contribution in [1.29, 1.82) is 0 Å². The van der Waals surface area contributed by atoms with Gasteiger partial charge in [-0.2, -0.15) is 19.4 Å². The minimum atomic E-state index is -0.986. The van der Waals surface area contributed by atoms with Crippen LogP contribution in [0.15, 0.2) is 0 Å². The molecular formula is C24H42O6. The number of carbonyl (C=O) groups excluding carboxylic acids is 2. The minimum Gasteiger partial charge on any atom is -0.428 e. The molecule has 0 bridgehead atoms. The zero-order valence-corrected chi connectivity index (χ0v) is 19.7. The molecule has 0 spiro atoms. The third-order valence-corrected chi connectivity index (χ3v) is 7.28. The fourth-order valence-corrected chi connectivity index (χ4v) is 5.53. The molecule has 0 radical (unpaired) electrons. The molecule has 0 heterocycles. The van der Waals surface area contributed by atoms with E-state index in [1.54, 1.807) is 0 Å². The average Bonchev–Trinajstić information content (AvgIpc) is 3.41. The minimum absolute atomic E-state index is 0.151. The first kappa shape index (κ1) is 24.8. The Hall–Kier alpha value is -1.46. The zero-order valence-electron chi connectivity index (χ0n) is 19.7. The summed E-state index contributed by atoms with van der Waals surface area (Å²) >= 11 is 0. The molecule has 0 aromatic rings. The van der Waals surface area contributed by atoms with Gasteiger partial charge in [0.25, 0.3) is 0 Å². The van der Waals surface area contributed by atoms with E-state index < -0.39 is 12.3 Å². The molecule has 0 amide bonds. The Balaban J connectivity index is 1.82. The monoisotopic (exact) mass is 426 g/mol. The lowest BCUT2D eigenvalue weighted by Crippen LogP contribution is -2.35. The van der Waals surface area contributed by atoms with Gasteiger partial charge in [0.15, 0.2) is 0 Å². The Labute approximate surface area is 182 Å². The van der Waals surface area contributed by atoms with Crippen LogP contribution in [0, 0.1) is 35.5 Å². The van der Waals surface area contributed by atoms with Crippen molar-refractivity contribution < 1.29 is 28.8 Å². The molecule has 4 atom stereocenters. The molecule has 0 aromatic heterocycles. The lowest BCUT2D eigenvalue weighted by Gasteiger charge is -2.31. The van der Waals surface area contributed by atoms with Crippen LogP contribution in [0.3, 0.4) is 0 Å². The van der Waals surface area contributed by atoms with Crippen molar-refractivity contribution in [2.75, 3.05) is 0 Å². The number of hydrogen-bond donors (Lipinski definition) is 0. The van der Waals surface area contributed by atoms with Gasteiger partial charge in [0.05, 0.1) is 0 Å². The maximum Gasteiger partial charge on any atom is 0.550 e. The second kappa shape index (κ2) is 11.8. The predicted molar refractivity (Wildman–Crippen MR) is 115 cm³/mol. The molecule has 2 aliphatic carbocycles. The number of ether oxygens (including phenoxy) is 2. The van der Waals surface area contributed by atoms with Crippen molar-refractivity contribution in [2.45, 2.75) is 105 Å². The van der Waals surface area contributed by atoms with Crippen LogP contribution < -0.4 is 0 Å². The highest BCUT2D eigenvalue weighted by molar-refractivity contribution is 5.63. The van der Waals surface area contributed by atoms with Crippen molar-refractivity contribution in [3.63, 3.8) is 0 Å². The average molecular weight is 427 g/mol. The van der Waals surface area contributed by atoms with Gasteiger partial charge in [-0.25, -0.2) is 0 Å². The van der Waals surface area contributed by atoms with E-state index in [0.717, 1.165) is 0 Å². The maximum atomic E-state index is 12.2. The third kappa shape index (κ3) is 7.05. The maximum absolute atomic E-state index is 12.2. The first-order chi connectivity index (χ1) is 14.2. The number of hydrogen-bond acceptors (Lipinski definition) is 6. The molecule has 2 fully saturated rings. The lowest BCUT2D eigenvalue weighted by atomic mass is 9.83. The van der Waals surface area contributed by atoms with Crippen LogP contribution in [0.2, 0.25) is 0 Å². The van der Waals surface area contributed by atoms with E-state index in [1.165, 1.54) is 51.4 Å². The van der Waals surface area contributed by atoms with Crippen molar-refractivity contribution in [3.8, 4) is 0 Å². The van der Waals surface area contributed by atoms with E-state index >= 15 is 0 Å². The Morgan fingerprint density at radius 3 is 1.17 bits per heavy atom. The molecule has 2 rings (SSSR count). The van der Waals surface area contributed by atoms with E-state index in [-0.39, 0.29) is 35.9 Å². The zero-order chi connectivity index (χ0) is 22.3. The molecule has 174 valence electrons. The van der Waals surface area contributed by atoms with Crippen molar-refractivity contribution in [2.24, 2.45) is 35.5 Å². The molecule has 6 nitrogen and oxygen atoms in total. The van der Waals surface area contributed by atoms with Crippen molar-refractivity contribution >= 4 is 12.3 Å². The van der Waals surface area contributed by atoms with Crippen molar-refractivity contribution in [3.05, 3.63) is 0 Å². The Morgan fingerprint density at radius 1 is 0.600 bits per heavy atom. The molecule has 4 unspecified atom stereocenters. The normalized spacial score (nSPS) is 22.0. The predicted octanol–water partition coefficient (Wildman–Crippen LogP) is 6.91. The van der Waals surface area contributed by atoms with Crippen LogP contribution in [-0.4, -0.2) is 24.5 Å². The summed E-state index contributed by atoms with van der Waals surface area (Å²) in [6.07, 6.45) is 7.08. The first-order valence-electron chi connectivity index (χ1n) is 12.0. The summed E-state index contributed by atoms with van der Waals surface area (Å²) in [6, 6.07) is 0.